The Balaban J connectivity index is 1.95. The van der Waals surface area contributed by atoms with Crippen molar-refractivity contribution in [3.63, 3.8) is 0 Å². The van der Waals surface area contributed by atoms with Crippen LogP contribution in [-0.4, -0.2) is 10.1 Å². The van der Waals surface area contributed by atoms with Gasteiger partial charge >= 0.3 is 0 Å². The Morgan fingerprint density at radius 1 is 1.26 bits per heavy atom. The van der Waals surface area contributed by atoms with E-state index in [-0.39, 0.29) is 5.92 Å². The molecule has 1 aliphatic rings. The summed E-state index contributed by atoms with van der Waals surface area (Å²) in [6.45, 7) is 2.01. The van der Waals surface area contributed by atoms with E-state index in [1.807, 2.05) is 19.2 Å². The first-order valence-corrected chi connectivity index (χ1v) is 6.93. The molecule has 2 atom stereocenters. The highest BCUT2D eigenvalue weighted by Gasteiger charge is 2.27. The molecule has 2 nitrogen and oxygen atoms in total. The second-order valence-electron chi connectivity index (χ2n) is 5.44. The monoisotopic (exact) mass is 253 g/mol. The van der Waals surface area contributed by atoms with Gasteiger partial charge < -0.3 is 5.11 Å². The van der Waals surface area contributed by atoms with Gasteiger partial charge in [0, 0.05) is 18.3 Å². The fraction of sp³-hybridized carbons (Fsp3) is 0.353. The third-order valence-electron chi connectivity index (χ3n) is 4.03. The molecule has 2 aromatic rings. The molecule has 3 rings (SSSR count). The molecule has 0 spiro atoms. The first-order valence-electron chi connectivity index (χ1n) is 6.93. The summed E-state index contributed by atoms with van der Waals surface area (Å²) < 4.78 is 0. The number of hydrogen-bond acceptors (Lipinski definition) is 2. The summed E-state index contributed by atoms with van der Waals surface area (Å²) >= 11 is 0. The van der Waals surface area contributed by atoms with Crippen LogP contribution >= 0.6 is 0 Å². The quantitative estimate of drug-likeness (QED) is 0.888. The predicted octanol–water partition coefficient (Wildman–Crippen LogP) is 3.54. The lowest BCUT2D eigenvalue weighted by Gasteiger charge is -2.29. The molecule has 0 saturated heterocycles. The highest BCUT2D eigenvalue weighted by molar-refractivity contribution is 5.35. The van der Waals surface area contributed by atoms with Gasteiger partial charge in [-0.05, 0) is 48.4 Å². The van der Waals surface area contributed by atoms with Crippen LogP contribution in [0.15, 0.2) is 42.7 Å². The second kappa shape index (κ2) is 5.14. The van der Waals surface area contributed by atoms with Crippen LogP contribution in [0.4, 0.5) is 0 Å². The van der Waals surface area contributed by atoms with Crippen LogP contribution in [-0.2, 0) is 6.42 Å². The molecular weight excluding hydrogens is 234 g/mol. The lowest BCUT2D eigenvalue weighted by Crippen LogP contribution is -2.17. The van der Waals surface area contributed by atoms with Gasteiger partial charge in [-0.15, -0.1) is 0 Å². The van der Waals surface area contributed by atoms with Crippen LogP contribution in [0.3, 0.4) is 0 Å². The standard InChI is InChI=1S/C17H19NO/c1-12-9-14(11-18-10-12)17(19)16-8-4-6-13-5-2-3-7-15(13)16/h2-3,5,7,9-11,16-17,19H,4,6,8H2,1H3. The third-order valence-corrected chi connectivity index (χ3v) is 4.03. The van der Waals surface area contributed by atoms with Crippen molar-refractivity contribution in [2.45, 2.75) is 38.2 Å². The molecule has 0 bridgehead atoms. The lowest BCUT2D eigenvalue weighted by molar-refractivity contribution is 0.135. The summed E-state index contributed by atoms with van der Waals surface area (Å²) in [4.78, 5) is 4.20. The number of aromatic nitrogens is 1. The van der Waals surface area contributed by atoms with Gasteiger partial charge in [0.15, 0.2) is 0 Å². The first kappa shape index (κ1) is 12.4. The Morgan fingerprint density at radius 3 is 2.95 bits per heavy atom. The highest BCUT2D eigenvalue weighted by Crippen LogP contribution is 2.40. The summed E-state index contributed by atoms with van der Waals surface area (Å²) in [7, 11) is 0. The Morgan fingerprint density at radius 2 is 2.11 bits per heavy atom. The van der Waals surface area contributed by atoms with Crippen molar-refractivity contribution in [2.75, 3.05) is 0 Å². The maximum atomic E-state index is 10.7. The van der Waals surface area contributed by atoms with E-state index in [4.69, 9.17) is 0 Å². The van der Waals surface area contributed by atoms with E-state index in [2.05, 4.69) is 29.2 Å². The van der Waals surface area contributed by atoms with Gasteiger partial charge in [0.1, 0.15) is 0 Å². The van der Waals surface area contributed by atoms with Gasteiger partial charge in [-0.2, -0.15) is 0 Å². The number of aliphatic hydroxyl groups excluding tert-OH is 1. The normalized spacial score (nSPS) is 19.8. The van der Waals surface area contributed by atoms with Gasteiger partial charge in [0.25, 0.3) is 0 Å². The van der Waals surface area contributed by atoms with Crippen molar-refractivity contribution in [3.05, 3.63) is 65.0 Å². The predicted molar refractivity (Wildman–Crippen MR) is 76.1 cm³/mol. The SMILES string of the molecule is Cc1cncc(C(O)C2CCCc3ccccc32)c1. The van der Waals surface area contributed by atoms with E-state index in [1.165, 1.54) is 11.1 Å². The number of hydrogen-bond donors (Lipinski definition) is 1. The van der Waals surface area contributed by atoms with Crippen LogP contribution in [0.1, 0.15) is 47.1 Å². The van der Waals surface area contributed by atoms with Gasteiger partial charge in [-0.25, -0.2) is 0 Å². The molecule has 1 heterocycles. The minimum absolute atomic E-state index is 0.202. The lowest BCUT2D eigenvalue weighted by atomic mass is 9.78. The molecule has 1 N–H and O–H groups in total. The number of rotatable bonds is 2. The van der Waals surface area contributed by atoms with Gasteiger partial charge in [-0.1, -0.05) is 30.3 Å². The number of pyridine rings is 1. The summed E-state index contributed by atoms with van der Waals surface area (Å²) in [6, 6.07) is 10.5. The third kappa shape index (κ3) is 2.41. The summed E-state index contributed by atoms with van der Waals surface area (Å²) in [5.41, 5.74) is 4.73. The molecule has 2 unspecified atom stereocenters. The second-order valence-corrected chi connectivity index (χ2v) is 5.44. The summed E-state index contributed by atoms with van der Waals surface area (Å²) in [5, 5.41) is 10.7. The molecule has 0 aliphatic heterocycles. The molecule has 1 aromatic heterocycles. The molecule has 0 fully saturated rings. The minimum Gasteiger partial charge on any atom is -0.388 e. The van der Waals surface area contributed by atoms with Crippen molar-refractivity contribution in [1.82, 2.24) is 4.98 Å². The highest BCUT2D eigenvalue weighted by atomic mass is 16.3. The Hall–Kier alpha value is -1.67. The molecule has 0 radical (unpaired) electrons. The fourth-order valence-electron chi connectivity index (χ4n) is 3.09. The van der Waals surface area contributed by atoms with E-state index in [0.717, 1.165) is 30.4 Å². The van der Waals surface area contributed by atoms with Crippen LogP contribution in [0, 0.1) is 6.92 Å². The van der Waals surface area contributed by atoms with Gasteiger partial charge in [0.2, 0.25) is 0 Å². The molecule has 1 aromatic carbocycles. The average molecular weight is 253 g/mol. The zero-order chi connectivity index (χ0) is 13.2. The summed E-state index contributed by atoms with van der Waals surface area (Å²) in [5.74, 6) is 0.202. The number of aryl methyl sites for hydroxylation is 2. The number of aliphatic hydroxyl groups is 1. The van der Waals surface area contributed by atoms with Crippen molar-refractivity contribution >= 4 is 0 Å². The number of fused-ring (bicyclic) bond motifs is 1. The zero-order valence-electron chi connectivity index (χ0n) is 11.2. The van der Waals surface area contributed by atoms with Crippen LogP contribution in [0.25, 0.3) is 0 Å². The molecule has 1 aliphatic carbocycles. The van der Waals surface area contributed by atoms with E-state index in [1.54, 1.807) is 6.20 Å². The molecule has 19 heavy (non-hydrogen) atoms. The molecule has 2 heteroatoms. The topological polar surface area (TPSA) is 33.1 Å². The number of benzene rings is 1. The largest absolute Gasteiger partial charge is 0.388 e. The Bertz CT molecular complexity index is 579. The van der Waals surface area contributed by atoms with Gasteiger partial charge in [0.05, 0.1) is 6.10 Å². The average Bonchev–Trinajstić information content (AvgIpc) is 2.46. The molecule has 0 amide bonds. The van der Waals surface area contributed by atoms with E-state index < -0.39 is 6.10 Å². The first-order chi connectivity index (χ1) is 9.25. The van der Waals surface area contributed by atoms with E-state index >= 15 is 0 Å². The molecule has 98 valence electrons. The zero-order valence-corrected chi connectivity index (χ0v) is 11.2. The van der Waals surface area contributed by atoms with Crippen LogP contribution < -0.4 is 0 Å². The fourth-order valence-corrected chi connectivity index (χ4v) is 3.09. The summed E-state index contributed by atoms with van der Waals surface area (Å²) in [6.07, 6.45) is 6.49. The van der Waals surface area contributed by atoms with Crippen molar-refractivity contribution in [3.8, 4) is 0 Å². The molecule has 0 saturated carbocycles. The molecular formula is C17H19NO. The number of nitrogens with zero attached hydrogens (tertiary/aromatic N) is 1. The van der Waals surface area contributed by atoms with Crippen molar-refractivity contribution in [1.29, 1.82) is 0 Å². The van der Waals surface area contributed by atoms with Crippen LogP contribution in [0.5, 0.6) is 0 Å². The Labute approximate surface area is 114 Å². The van der Waals surface area contributed by atoms with Crippen LogP contribution in [0.2, 0.25) is 0 Å². The van der Waals surface area contributed by atoms with Crippen molar-refractivity contribution in [2.24, 2.45) is 0 Å². The van der Waals surface area contributed by atoms with E-state index in [0.29, 0.717) is 0 Å². The van der Waals surface area contributed by atoms with Gasteiger partial charge in [-0.3, -0.25) is 4.98 Å². The smallest absolute Gasteiger partial charge is 0.0873 e. The minimum atomic E-state index is -0.450. The van der Waals surface area contributed by atoms with Crippen molar-refractivity contribution < 1.29 is 5.11 Å². The van der Waals surface area contributed by atoms with E-state index in [9.17, 15) is 5.11 Å². The Kier molecular flexibility index (Phi) is 3.34. The maximum absolute atomic E-state index is 10.7. The maximum Gasteiger partial charge on any atom is 0.0873 e.